The molecule has 0 fully saturated rings. The normalized spacial score (nSPS) is 10.9. The van der Waals surface area contributed by atoms with Gasteiger partial charge in [0.2, 0.25) is 5.28 Å². The molecule has 0 radical (unpaired) electrons. The molecule has 0 bridgehead atoms. The highest BCUT2D eigenvalue weighted by atomic mass is 35.5. The standard InChI is InChI=1S/C7H5Cl2N3/c1-3-2-10-5-4(3)11-7(9)12-6(5)8/h2,10H,1H3. The Kier molecular flexibility index (Phi) is 1.70. The summed E-state index contributed by atoms with van der Waals surface area (Å²) in [5.41, 5.74) is 2.52. The van der Waals surface area contributed by atoms with E-state index < -0.39 is 0 Å². The lowest BCUT2D eigenvalue weighted by molar-refractivity contribution is 1.21. The van der Waals surface area contributed by atoms with Gasteiger partial charge in [0.1, 0.15) is 5.52 Å². The molecule has 5 heteroatoms. The number of H-pyrrole nitrogens is 1. The van der Waals surface area contributed by atoms with Crippen molar-refractivity contribution < 1.29 is 0 Å². The topological polar surface area (TPSA) is 41.6 Å². The van der Waals surface area contributed by atoms with Gasteiger partial charge in [-0.1, -0.05) is 11.6 Å². The van der Waals surface area contributed by atoms with Crippen LogP contribution in [0.25, 0.3) is 11.0 Å². The van der Waals surface area contributed by atoms with E-state index in [1.165, 1.54) is 0 Å². The maximum atomic E-state index is 5.81. The van der Waals surface area contributed by atoms with E-state index in [2.05, 4.69) is 15.0 Å². The summed E-state index contributed by atoms with van der Waals surface area (Å²) >= 11 is 11.4. The molecule has 2 heterocycles. The summed E-state index contributed by atoms with van der Waals surface area (Å²) in [7, 11) is 0. The molecule has 2 rings (SSSR count). The van der Waals surface area contributed by atoms with Gasteiger partial charge in [-0.25, -0.2) is 9.97 Å². The monoisotopic (exact) mass is 201 g/mol. The molecule has 0 amide bonds. The SMILES string of the molecule is Cc1c[nH]c2c(Cl)nc(Cl)nc12. The molecule has 2 aromatic rings. The molecule has 0 spiro atoms. The summed E-state index contributed by atoms with van der Waals surface area (Å²) in [6, 6.07) is 0. The second-order valence-electron chi connectivity index (χ2n) is 2.48. The first-order valence-corrected chi connectivity index (χ1v) is 4.11. The Labute approximate surface area is 78.7 Å². The Bertz CT molecular complexity index is 435. The molecule has 62 valence electrons. The van der Waals surface area contributed by atoms with E-state index in [0.29, 0.717) is 5.15 Å². The van der Waals surface area contributed by atoms with Gasteiger partial charge in [0.05, 0.1) is 5.52 Å². The molecular weight excluding hydrogens is 197 g/mol. The zero-order valence-corrected chi connectivity index (χ0v) is 7.74. The Morgan fingerprint density at radius 1 is 1.33 bits per heavy atom. The third kappa shape index (κ3) is 1.06. The number of nitrogens with zero attached hydrogens (tertiary/aromatic N) is 2. The minimum absolute atomic E-state index is 0.176. The number of nitrogens with one attached hydrogen (secondary N) is 1. The highest BCUT2D eigenvalue weighted by Gasteiger charge is 2.07. The van der Waals surface area contributed by atoms with Crippen molar-refractivity contribution in [2.75, 3.05) is 0 Å². The molecule has 0 saturated carbocycles. The summed E-state index contributed by atoms with van der Waals surface area (Å²) in [6.07, 6.45) is 1.82. The number of hydrogen-bond donors (Lipinski definition) is 1. The van der Waals surface area contributed by atoms with Crippen molar-refractivity contribution in [1.82, 2.24) is 15.0 Å². The van der Waals surface area contributed by atoms with Gasteiger partial charge in [0.25, 0.3) is 0 Å². The van der Waals surface area contributed by atoms with Crippen molar-refractivity contribution in [3.05, 3.63) is 22.2 Å². The molecule has 0 aliphatic rings. The summed E-state index contributed by atoms with van der Waals surface area (Å²) in [5.74, 6) is 0. The fourth-order valence-corrected chi connectivity index (χ4v) is 1.51. The first-order chi connectivity index (χ1) is 5.68. The molecule has 0 aromatic carbocycles. The van der Waals surface area contributed by atoms with E-state index in [1.54, 1.807) is 0 Å². The summed E-state index contributed by atoms with van der Waals surface area (Å²) < 4.78 is 0. The zero-order valence-electron chi connectivity index (χ0n) is 6.23. The molecule has 2 aromatic heterocycles. The van der Waals surface area contributed by atoms with Crippen molar-refractivity contribution in [1.29, 1.82) is 0 Å². The van der Waals surface area contributed by atoms with Crippen LogP contribution in [-0.4, -0.2) is 15.0 Å². The van der Waals surface area contributed by atoms with E-state index in [9.17, 15) is 0 Å². The predicted octanol–water partition coefficient (Wildman–Crippen LogP) is 2.57. The Morgan fingerprint density at radius 3 is 2.83 bits per heavy atom. The zero-order chi connectivity index (χ0) is 8.72. The van der Waals surface area contributed by atoms with Gasteiger partial charge in [-0.05, 0) is 24.1 Å². The molecule has 0 atom stereocenters. The number of aryl methyl sites for hydroxylation is 1. The number of aromatic nitrogens is 3. The number of hydrogen-bond acceptors (Lipinski definition) is 2. The fraction of sp³-hybridized carbons (Fsp3) is 0.143. The molecule has 0 unspecified atom stereocenters. The van der Waals surface area contributed by atoms with Gasteiger partial charge in [-0.15, -0.1) is 0 Å². The molecule has 0 aliphatic carbocycles. The van der Waals surface area contributed by atoms with Crippen LogP contribution in [0.4, 0.5) is 0 Å². The maximum Gasteiger partial charge on any atom is 0.224 e. The number of halogens is 2. The van der Waals surface area contributed by atoms with Crippen molar-refractivity contribution >= 4 is 34.2 Å². The van der Waals surface area contributed by atoms with Crippen LogP contribution in [0.3, 0.4) is 0 Å². The van der Waals surface area contributed by atoms with Crippen molar-refractivity contribution in [3.63, 3.8) is 0 Å². The van der Waals surface area contributed by atoms with Crippen LogP contribution in [0.5, 0.6) is 0 Å². The summed E-state index contributed by atoms with van der Waals surface area (Å²) in [6.45, 7) is 1.93. The van der Waals surface area contributed by atoms with Gasteiger partial charge in [-0.3, -0.25) is 0 Å². The molecule has 0 aliphatic heterocycles. The predicted molar refractivity (Wildman–Crippen MR) is 48.6 cm³/mol. The van der Waals surface area contributed by atoms with Crippen LogP contribution in [0.2, 0.25) is 10.4 Å². The first-order valence-electron chi connectivity index (χ1n) is 3.35. The first kappa shape index (κ1) is 7.83. The largest absolute Gasteiger partial charge is 0.357 e. The highest BCUT2D eigenvalue weighted by molar-refractivity contribution is 6.35. The quantitative estimate of drug-likeness (QED) is 0.526. The van der Waals surface area contributed by atoms with Crippen LogP contribution >= 0.6 is 23.2 Å². The second-order valence-corrected chi connectivity index (χ2v) is 3.17. The number of aromatic amines is 1. The Balaban J connectivity index is 2.92. The minimum Gasteiger partial charge on any atom is -0.357 e. The maximum absolute atomic E-state index is 5.81. The van der Waals surface area contributed by atoms with Crippen LogP contribution < -0.4 is 0 Å². The van der Waals surface area contributed by atoms with E-state index in [-0.39, 0.29) is 5.28 Å². The summed E-state index contributed by atoms with van der Waals surface area (Å²) in [4.78, 5) is 10.8. The van der Waals surface area contributed by atoms with E-state index in [0.717, 1.165) is 16.6 Å². The lowest BCUT2D eigenvalue weighted by Gasteiger charge is -1.93. The second kappa shape index (κ2) is 2.61. The third-order valence-electron chi connectivity index (χ3n) is 1.64. The molecular formula is C7H5Cl2N3. The smallest absolute Gasteiger partial charge is 0.224 e. The number of rotatable bonds is 0. The Morgan fingerprint density at radius 2 is 2.08 bits per heavy atom. The van der Waals surface area contributed by atoms with E-state index in [4.69, 9.17) is 23.2 Å². The van der Waals surface area contributed by atoms with Gasteiger partial charge in [0.15, 0.2) is 5.15 Å². The van der Waals surface area contributed by atoms with Crippen molar-refractivity contribution in [2.45, 2.75) is 6.92 Å². The van der Waals surface area contributed by atoms with E-state index in [1.807, 2.05) is 13.1 Å². The Hall–Kier alpha value is -0.800. The number of fused-ring (bicyclic) bond motifs is 1. The average Bonchev–Trinajstić information content (AvgIpc) is 2.33. The van der Waals surface area contributed by atoms with Gasteiger partial charge in [0, 0.05) is 6.20 Å². The van der Waals surface area contributed by atoms with Gasteiger partial charge < -0.3 is 4.98 Å². The van der Waals surface area contributed by atoms with Crippen LogP contribution in [0, 0.1) is 6.92 Å². The van der Waals surface area contributed by atoms with Crippen LogP contribution in [-0.2, 0) is 0 Å². The lowest BCUT2D eigenvalue weighted by atomic mass is 10.3. The van der Waals surface area contributed by atoms with Gasteiger partial charge in [-0.2, -0.15) is 0 Å². The van der Waals surface area contributed by atoms with Crippen molar-refractivity contribution in [2.24, 2.45) is 0 Å². The molecule has 0 saturated heterocycles. The average molecular weight is 202 g/mol. The molecule has 12 heavy (non-hydrogen) atoms. The fourth-order valence-electron chi connectivity index (χ4n) is 1.07. The highest BCUT2D eigenvalue weighted by Crippen LogP contribution is 2.22. The van der Waals surface area contributed by atoms with E-state index >= 15 is 0 Å². The molecule has 3 nitrogen and oxygen atoms in total. The molecule has 1 N–H and O–H groups in total. The van der Waals surface area contributed by atoms with Crippen LogP contribution in [0.1, 0.15) is 5.56 Å². The van der Waals surface area contributed by atoms with Crippen molar-refractivity contribution in [3.8, 4) is 0 Å². The summed E-state index contributed by atoms with van der Waals surface area (Å²) in [5, 5.41) is 0.535. The van der Waals surface area contributed by atoms with Gasteiger partial charge >= 0.3 is 0 Å². The van der Waals surface area contributed by atoms with Crippen LogP contribution in [0.15, 0.2) is 6.20 Å². The third-order valence-corrected chi connectivity index (χ3v) is 2.09. The minimum atomic E-state index is 0.176. The lowest BCUT2D eigenvalue weighted by Crippen LogP contribution is -1.84.